The number of nitrogens with zero attached hydrogens (tertiary/aromatic N) is 4. The first-order valence-electron chi connectivity index (χ1n) is 7.57. The normalized spacial score (nSPS) is 11.0. The molecule has 2 aromatic rings. The molecule has 2 aromatic heterocycles. The Morgan fingerprint density at radius 1 is 1.29 bits per heavy atom. The Hall–Kier alpha value is -1.89. The number of hydrogen-bond acceptors (Lipinski definition) is 6. The highest BCUT2D eigenvalue weighted by molar-refractivity contribution is 5.84. The fraction of sp³-hybridized carbons (Fsp3) is 0.643. The number of ether oxygens (including phenoxy) is 1. The van der Waals surface area contributed by atoms with Crippen LogP contribution in [0.2, 0.25) is 0 Å². The van der Waals surface area contributed by atoms with Crippen LogP contribution in [0.5, 0.6) is 0 Å². The number of hydrogen-bond donors (Lipinski definition) is 2. The van der Waals surface area contributed by atoms with Crippen LogP contribution in [0.15, 0.2) is 6.33 Å². The maximum absolute atomic E-state index is 5.45. The van der Waals surface area contributed by atoms with E-state index < -0.39 is 0 Å². The minimum Gasteiger partial charge on any atom is -0.380 e. The van der Waals surface area contributed by atoms with E-state index in [9.17, 15) is 0 Å². The van der Waals surface area contributed by atoms with Crippen molar-refractivity contribution >= 4 is 22.9 Å². The van der Waals surface area contributed by atoms with Crippen LogP contribution >= 0.6 is 0 Å². The summed E-state index contributed by atoms with van der Waals surface area (Å²) in [5.41, 5.74) is 1.56. The van der Waals surface area contributed by atoms with Crippen molar-refractivity contribution in [2.24, 2.45) is 0 Å². The molecule has 0 aromatic carbocycles. The number of H-pyrrole nitrogens is 1. The molecule has 0 aliphatic heterocycles. The highest BCUT2D eigenvalue weighted by Crippen LogP contribution is 2.22. The van der Waals surface area contributed by atoms with Crippen LogP contribution in [0, 0.1) is 0 Å². The molecule has 2 N–H and O–H groups in total. The third kappa shape index (κ3) is 3.81. The van der Waals surface area contributed by atoms with Gasteiger partial charge in [0, 0.05) is 26.2 Å². The summed E-state index contributed by atoms with van der Waals surface area (Å²) in [7, 11) is 0. The largest absolute Gasteiger partial charge is 0.380 e. The summed E-state index contributed by atoms with van der Waals surface area (Å²) in [6.45, 7) is 10.1. The lowest BCUT2D eigenvalue weighted by atomic mass is 10.4. The minimum atomic E-state index is 0.626. The van der Waals surface area contributed by atoms with Crippen LogP contribution in [-0.4, -0.2) is 52.8 Å². The fourth-order valence-electron chi connectivity index (χ4n) is 2.10. The Bertz CT molecular complexity index is 555. The van der Waals surface area contributed by atoms with E-state index in [2.05, 4.69) is 44.0 Å². The van der Waals surface area contributed by atoms with Gasteiger partial charge >= 0.3 is 0 Å². The minimum absolute atomic E-state index is 0.626. The van der Waals surface area contributed by atoms with Gasteiger partial charge in [-0.25, -0.2) is 4.98 Å². The number of fused-ring (bicyclic) bond motifs is 1. The molecule has 0 amide bonds. The summed E-state index contributed by atoms with van der Waals surface area (Å²) in [5, 5.41) is 3.23. The Labute approximate surface area is 125 Å². The predicted molar refractivity (Wildman–Crippen MR) is 84.8 cm³/mol. The van der Waals surface area contributed by atoms with Crippen molar-refractivity contribution < 1.29 is 4.74 Å². The molecule has 0 unspecified atom stereocenters. The van der Waals surface area contributed by atoms with Crippen LogP contribution in [0.1, 0.15) is 27.2 Å². The van der Waals surface area contributed by atoms with Gasteiger partial charge in [-0.1, -0.05) is 6.92 Å². The molecule has 0 saturated heterocycles. The average molecular weight is 292 g/mol. The Morgan fingerprint density at radius 3 is 2.86 bits per heavy atom. The topological polar surface area (TPSA) is 79.0 Å². The van der Waals surface area contributed by atoms with Crippen molar-refractivity contribution in [1.82, 2.24) is 19.9 Å². The number of aromatic amines is 1. The smallest absolute Gasteiger partial charge is 0.226 e. The maximum atomic E-state index is 5.45. The van der Waals surface area contributed by atoms with Crippen molar-refractivity contribution in [2.75, 3.05) is 43.1 Å². The lowest BCUT2D eigenvalue weighted by Crippen LogP contribution is -2.28. The van der Waals surface area contributed by atoms with Crippen molar-refractivity contribution in [3.63, 3.8) is 0 Å². The number of aromatic nitrogens is 4. The third-order valence-corrected chi connectivity index (χ3v) is 3.19. The van der Waals surface area contributed by atoms with Crippen molar-refractivity contribution in [1.29, 1.82) is 0 Å². The van der Waals surface area contributed by atoms with Gasteiger partial charge in [-0.2, -0.15) is 9.97 Å². The van der Waals surface area contributed by atoms with Gasteiger partial charge < -0.3 is 19.9 Å². The molecule has 0 aliphatic carbocycles. The highest BCUT2D eigenvalue weighted by Gasteiger charge is 2.15. The van der Waals surface area contributed by atoms with Crippen LogP contribution in [-0.2, 0) is 4.74 Å². The second-order valence-corrected chi connectivity index (χ2v) is 4.68. The first-order chi connectivity index (χ1) is 10.3. The first kappa shape index (κ1) is 15.5. The Kier molecular flexibility index (Phi) is 5.74. The quantitative estimate of drug-likeness (QED) is 0.689. The van der Waals surface area contributed by atoms with Crippen molar-refractivity contribution in [3.05, 3.63) is 6.33 Å². The first-order valence-corrected chi connectivity index (χ1v) is 7.57. The molecule has 0 atom stereocenters. The number of imidazole rings is 1. The number of nitrogens with one attached hydrogen (secondary N) is 2. The van der Waals surface area contributed by atoms with Crippen molar-refractivity contribution in [3.8, 4) is 0 Å². The van der Waals surface area contributed by atoms with E-state index in [-0.39, 0.29) is 0 Å². The van der Waals surface area contributed by atoms with Crippen LogP contribution < -0.4 is 10.2 Å². The van der Waals surface area contributed by atoms with Crippen LogP contribution in [0.3, 0.4) is 0 Å². The molecule has 0 radical (unpaired) electrons. The molecule has 21 heavy (non-hydrogen) atoms. The summed E-state index contributed by atoms with van der Waals surface area (Å²) in [6, 6.07) is 0. The molecule has 2 rings (SSSR count). The van der Waals surface area contributed by atoms with Gasteiger partial charge in [-0.05, 0) is 20.3 Å². The summed E-state index contributed by atoms with van der Waals surface area (Å²) in [5.74, 6) is 1.50. The molecular formula is C14H24N6O. The van der Waals surface area contributed by atoms with Gasteiger partial charge in [0.2, 0.25) is 5.95 Å². The zero-order valence-corrected chi connectivity index (χ0v) is 13.0. The standard InChI is InChI=1S/C14H24N6O/c1-4-7-15-14-18-12-11(16-10-17-12)13(19-14)20(5-2)8-9-21-6-3/h10H,4-9H2,1-3H3,(H2,15,16,17,18,19). The van der Waals surface area contributed by atoms with Gasteiger partial charge in [0.15, 0.2) is 11.5 Å². The molecule has 116 valence electrons. The second-order valence-electron chi connectivity index (χ2n) is 4.68. The lowest BCUT2D eigenvalue weighted by Gasteiger charge is -2.22. The molecular weight excluding hydrogens is 268 g/mol. The van der Waals surface area contributed by atoms with Gasteiger partial charge in [0.25, 0.3) is 0 Å². The third-order valence-electron chi connectivity index (χ3n) is 3.19. The molecule has 0 spiro atoms. The summed E-state index contributed by atoms with van der Waals surface area (Å²) in [4.78, 5) is 18.6. The van der Waals surface area contributed by atoms with Crippen molar-refractivity contribution in [2.45, 2.75) is 27.2 Å². The number of anilines is 2. The maximum Gasteiger partial charge on any atom is 0.226 e. The van der Waals surface area contributed by atoms with E-state index in [1.54, 1.807) is 6.33 Å². The van der Waals surface area contributed by atoms with Gasteiger partial charge in [0.1, 0.15) is 5.52 Å². The van der Waals surface area contributed by atoms with Gasteiger partial charge in [0.05, 0.1) is 12.9 Å². The van der Waals surface area contributed by atoms with E-state index >= 15 is 0 Å². The van der Waals surface area contributed by atoms with Gasteiger partial charge in [-0.15, -0.1) is 0 Å². The number of likely N-dealkylation sites (N-methyl/N-ethyl adjacent to an activating group) is 1. The molecule has 7 heteroatoms. The predicted octanol–water partition coefficient (Wildman–Crippen LogP) is 2.04. The van der Waals surface area contributed by atoms with Crippen LogP contribution in [0.4, 0.5) is 11.8 Å². The zero-order chi connectivity index (χ0) is 15.1. The average Bonchev–Trinajstić information content (AvgIpc) is 2.97. The summed E-state index contributed by atoms with van der Waals surface area (Å²) < 4.78 is 5.45. The summed E-state index contributed by atoms with van der Waals surface area (Å²) >= 11 is 0. The monoisotopic (exact) mass is 292 g/mol. The van der Waals surface area contributed by atoms with Gasteiger partial charge in [-0.3, -0.25) is 0 Å². The molecule has 0 saturated carbocycles. The SMILES string of the molecule is CCCNc1nc(N(CC)CCOCC)c2[nH]cnc2n1. The number of rotatable bonds is 9. The van der Waals surface area contributed by atoms with E-state index in [1.165, 1.54) is 0 Å². The van der Waals surface area contributed by atoms with E-state index in [4.69, 9.17) is 4.74 Å². The Morgan fingerprint density at radius 2 is 2.14 bits per heavy atom. The Balaban J connectivity index is 2.27. The molecule has 2 heterocycles. The molecule has 0 bridgehead atoms. The summed E-state index contributed by atoms with van der Waals surface area (Å²) in [6.07, 6.45) is 2.68. The van der Waals surface area contributed by atoms with E-state index in [1.807, 2.05) is 6.92 Å². The highest BCUT2D eigenvalue weighted by atomic mass is 16.5. The molecule has 7 nitrogen and oxygen atoms in total. The second kappa shape index (κ2) is 7.78. The fourth-order valence-corrected chi connectivity index (χ4v) is 2.10. The molecule has 0 aliphatic rings. The lowest BCUT2D eigenvalue weighted by molar-refractivity contribution is 0.154. The van der Waals surface area contributed by atoms with E-state index in [0.717, 1.165) is 44.0 Å². The molecule has 0 fully saturated rings. The van der Waals surface area contributed by atoms with E-state index in [0.29, 0.717) is 18.2 Å². The van der Waals surface area contributed by atoms with Crippen LogP contribution in [0.25, 0.3) is 11.2 Å². The zero-order valence-electron chi connectivity index (χ0n) is 13.0.